The third kappa shape index (κ3) is 3.63. The normalized spacial score (nSPS) is 13.8. The van der Waals surface area contributed by atoms with Crippen LogP contribution in [0.3, 0.4) is 0 Å². The molecule has 0 aromatic carbocycles. The maximum atomic E-state index is 12.7. The summed E-state index contributed by atoms with van der Waals surface area (Å²) < 4.78 is 76.1. The summed E-state index contributed by atoms with van der Waals surface area (Å²) in [5.41, 5.74) is -6.07. The number of alkyl halides is 3. The van der Waals surface area contributed by atoms with Gasteiger partial charge in [0.05, 0.1) is 10.6 Å². The number of pyridine rings is 2. The second-order valence-corrected chi connectivity index (χ2v) is 10.0. The van der Waals surface area contributed by atoms with Gasteiger partial charge in [-0.25, -0.2) is 26.8 Å². The van der Waals surface area contributed by atoms with Crippen LogP contribution in [0.2, 0.25) is 0 Å². The van der Waals surface area contributed by atoms with Gasteiger partial charge in [-0.3, -0.25) is 0 Å². The van der Waals surface area contributed by atoms with Crippen molar-refractivity contribution in [2.75, 3.05) is 5.75 Å². The zero-order valence-corrected chi connectivity index (χ0v) is 17.1. The van der Waals surface area contributed by atoms with Gasteiger partial charge in [0.15, 0.2) is 32.1 Å². The second kappa shape index (κ2) is 7.08. The Labute approximate surface area is 166 Å². The highest BCUT2D eigenvalue weighted by Crippen LogP contribution is 2.27. The Morgan fingerprint density at radius 2 is 1.96 bits per heavy atom. The van der Waals surface area contributed by atoms with Gasteiger partial charge in [-0.2, -0.15) is 17.9 Å². The minimum absolute atomic E-state index is 0.246. The highest BCUT2D eigenvalue weighted by molar-refractivity contribution is 9.10. The number of sulfone groups is 1. The van der Waals surface area contributed by atoms with Crippen LogP contribution < -0.4 is 5.69 Å². The van der Waals surface area contributed by atoms with Crippen molar-refractivity contribution in [2.24, 2.45) is 0 Å². The van der Waals surface area contributed by atoms with Crippen LogP contribution in [-0.2, 0) is 20.6 Å². The predicted octanol–water partition coefficient (Wildman–Crippen LogP) is 2.06. The van der Waals surface area contributed by atoms with Gasteiger partial charge in [0.2, 0.25) is 0 Å². The third-order valence-corrected chi connectivity index (χ3v) is 6.90. The van der Waals surface area contributed by atoms with Crippen LogP contribution in [0.25, 0.3) is 11.5 Å². The summed E-state index contributed by atoms with van der Waals surface area (Å²) in [5, 5.41) is 3.87. The zero-order chi connectivity index (χ0) is 20.9. The number of fused-ring (bicyclic) bond motifs is 1. The Kier molecular flexibility index (Phi) is 5.22. The largest absolute Gasteiger partial charge is 0.475 e. The average Bonchev–Trinajstić information content (AvgIpc) is 2.96. The monoisotopic (exact) mass is 498 g/mol. The van der Waals surface area contributed by atoms with E-state index in [1.54, 1.807) is 0 Å². The average molecular weight is 499 g/mol. The van der Waals surface area contributed by atoms with Gasteiger partial charge in [-0.15, -0.1) is 5.10 Å². The van der Waals surface area contributed by atoms with Crippen LogP contribution in [0.5, 0.6) is 0 Å². The molecule has 0 radical (unpaired) electrons. The van der Waals surface area contributed by atoms with Crippen molar-refractivity contribution in [3.63, 3.8) is 0 Å². The number of hydrogen-bond donors (Lipinski definition) is 0. The van der Waals surface area contributed by atoms with E-state index in [9.17, 15) is 30.6 Å². The van der Waals surface area contributed by atoms with E-state index in [0.717, 1.165) is 22.7 Å². The molecule has 0 saturated carbocycles. The van der Waals surface area contributed by atoms with E-state index in [2.05, 4.69) is 26.0 Å². The molecule has 0 aliphatic carbocycles. The quantitative estimate of drug-likeness (QED) is 0.545. The van der Waals surface area contributed by atoms with E-state index in [4.69, 9.17) is 0 Å². The lowest BCUT2D eigenvalue weighted by Crippen LogP contribution is -2.23. The molecular formula is C14H10BrF3N4O4S2. The van der Waals surface area contributed by atoms with E-state index in [-0.39, 0.29) is 22.1 Å². The number of aromatic nitrogens is 4. The Morgan fingerprint density at radius 3 is 2.57 bits per heavy atom. The fourth-order valence-electron chi connectivity index (χ4n) is 2.30. The fourth-order valence-corrected chi connectivity index (χ4v) is 4.48. The molecule has 3 aromatic rings. The first-order valence-corrected chi connectivity index (χ1v) is 11.0. The molecule has 150 valence electrons. The second-order valence-electron chi connectivity index (χ2n) is 5.38. The third-order valence-electron chi connectivity index (χ3n) is 3.64. The van der Waals surface area contributed by atoms with Gasteiger partial charge in [-0.05, 0) is 34.1 Å². The Bertz CT molecular complexity index is 1270. The summed E-state index contributed by atoms with van der Waals surface area (Å²) >= 11 is 3.11. The molecule has 0 saturated heterocycles. The van der Waals surface area contributed by atoms with E-state index in [1.807, 2.05) is 0 Å². The van der Waals surface area contributed by atoms with Crippen LogP contribution in [0.4, 0.5) is 13.2 Å². The molecule has 14 heteroatoms. The number of rotatable bonds is 4. The molecule has 0 bridgehead atoms. The summed E-state index contributed by atoms with van der Waals surface area (Å²) in [6.07, 6.45) is 2.23. The van der Waals surface area contributed by atoms with Crippen molar-refractivity contribution in [3.05, 3.63) is 45.5 Å². The van der Waals surface area contributed by atoms with Crippen molar-refractivity contribution in [2.45, 2.75) is 22.2 Å². The first-order chi connectivity index (χ1) is 13.0. The molecule has 0 fully saturated rings. The fraction of sp³-hybridized carbons (Fsp3) is 0.214. The van der Waals surface area contributed by atoms with E-state index in [0.29, 0.717) is 9.15 Å². The topological polar surface area (TPSA) is 103 Å². The first kappa shape index (κ1) is 20.7. The molecule has 28 heavy (non-hydrogen) atoms. The van der Waals surface area contributed by atoms with E-state index < -0.39 is 36.7 Å². The number of nitrogens with zero attached hydrogens (tertiary/aromatic N) is 4. The smallest absolute Gasteiger partial charge is 0.250 e. The molecule has 0 N–H and O–H groups in total. The standard InChI is InChI=1S/C14H10BrF3N4O4S2/c1-2-28(25,26)10-5-8(15)7-19-12(10)22-13(23)21-4-3-9(6-11(21)20-22)27(24)14(16,17)18/h3-7H,2H2,1H3. The summed E-state index contributed by atoms with van der Waals surface area (Å²) in [6.45, 7) is 1.41. The molecule has 0 aliphatic heterocycles. The van der Waals surface area contributed by atoms with Crippen molar-refractivity contribution in [1.29, 1.82) is 0 Å². The van der Waals surface area contributed by atoms with Crippen molar-refractivity contribution in [3.8, 4) is 5.82 Å². The minimum Gasteiger partial charge on any atom is -0.250 e. The maximum absolute atomic E-state index is 12.7. The van der Waals surface area contributed by atoms with E-state index in [1.165, 1.54) is 19.2 Å². The molecule has 1 unspecified atom stereocenters. The molecule has 0 spiro atoms. The summed E-state index contributed by atoms with van der Waals surface area (Å²) in [7, 11) is -7.10. The molecule has 3 heterocycles. The van der Waals surface area contributed by atoms with Crippen LogP contribution in [0, 0.1) is 0 Å². The van der Waals surface area contributed by atoms with Gasteiger partial charge in [0.25, 0.3) is 0 Å². The summed E-state index contributed by atoms with van der Waals surface area (Å²) in [6, 6.07) is 2.97. The SMILES string of the molecule is CCS(=O)(=O)c1cc(Br)cnc1-n1nc2cc(S(=O)C(F)(F)F)ccn2c1=O. The van der Waals surface area contributed by atoms with Gasteiger partial charge in [0.1, 0.15) is 4.90 Å². The Hall–Kier alpha value is -2.06. The van der Waals surface area contributed by atoms with Crippen LogP contribution in [-0.4, -0.2) is 43.1 Å². The van der Waals surface area contributed by atoms with Crippen LogP contribution in [0.15, 0.2) is 49.7 Å². The molecule has 0 amide bonds. The van der Waals surface area contributed by atoms with E-state index >= 15 is 0 Å². The molecular weight excluding hydrogens is 489 g/mol. The van der Waals surface area contributed by atoms with Gasteiger partial charge >= 0.3 is 11.2 Å². The molecule has 1 atom stereocenters. The highest BCUT2D eigenvalue weighted by atomic mass is 79.9. The Balaban J connectivity index is 2.25. The lowest BCUT2D eigenvalue weighted by Gasteiger charge is -2.07. The number of hydrogen-bond acceptors (Lipinski definition) is 6. The summed E-state index contributed by atoms with van der Waals surface area (Å²) in [5.74, 6) is -0.563. The maximum Gasteiger partial charge on any atom is 0.475 e. The van der Waals surface area contributed by atoms with Crippen molar-refractivity contribution >= 4 is 42.2 Å². The lowest BCUT2D eigenvalue weighted by atomic mass is 10.4. The van der Waals surface area contributed by atoms with Gasteiger partial charge < -0.3 is 0 Å². The van der Waals surface area contributed by atoms with Crippen molar-refractivity contribution in [1.82, 2.24) is 19.2 Å². The molecule has 8 nitrogen and oxygen atoms in total. The predicted molar refractivity (Wildman–Crippen MR) is 96.5 cm³/mol. The first-order valence-electron chi connectivity index (χ1n) is 7.44. The molecule has 3 aromatic heterocycles. The lowest BCUT2D eigenvalue weighted by molar-refractivity contribution is -0.0384. The Morgan fingerprint density at radius 1 is 1.29 bits per heavy atom. The van der Waals surface area contributed by atoms with Gasteiger partial charge in [-0.1, -0.05) is 6.92 Å². The van der Waals surface area contributed by atoms with Gasteiger partial charge in [0, 0.05) is 16.9 Å². The molecule has 0 aliphatic rings. The minimum atomic E-state index is -4.98. The number of halogens is 4. The zero-order valence-electron chi connectivity index (χ0n) is 13.8. The summed E-state index contributed by atoms with van der Waals surface area (Å²) in [4.78, 5) is 15.7. The highest BCUT2D eigenvalue weighted by Gasteiger charge is 2.38. The van der Waals surface area contributed by atoms with Crippen molar-refractivity contribution < 1.29 is 25.8 Å². The van der Waals surface area contributed by atoms with Crippen LogP contribution >= 0.6 is 15.9 Å². The van der Waals surface area contributed by atoms with Crippen LogP contribution in [0.1, 0.15) is 6.92 Å². The molecule has 3 rings (SSSR count).